The van der Waals surface area contributed by atoms with Crippen LogP contribution in [0, 0.1) is 3.57 Å². The van der Waals surface area contributed by atoms with Crippen LogP contribution in [-0.4, -0.2) is 89.8 Å². The van der Waals surface area contributed by atoms with Gasteiger partial charge in [-0.25, -0.2) is 0 Å². The zero-order valence-electron chi connectivity index (χ0n) is 19.9. The summed E-state index contributed by atoms with van der Waals surface area (Å²) in [7, 11) is 1.47. The van der Waals surface area contributed by atoms with Crippen molar-refractivity contribution in [2.24, 2.45) is 0 Å². The Kier molecular flexibility index (Phi) is 10.2. The Balaban J connectivity index is 1.95. The molecule has 1 saturated heterocycles. The summed E-state index contributed by atoms with van der Waals surface area (Å²) in [5, 5.41) is 32.6. The number of ether oxygens (including phenoxy) is 3. The highest BCUT2D eigenvalue weighted by Crippen LogP contribution is 2.37. The van der Waals surface area contributed by atoms with Crippen molar-refractivity contribution < 1.29 is 39.1 Å². The lowest BCUT2D eigenvalue weighted by Gasteiger charge is -2.41. The molecule has 194 valence electrons. The maximum atomic E-state index is 12.8. The number of aliphatic hydroxyl groups excluding tert-OH is 3. The molecule has 1 aliphatic heterocycles. The van der Waals surface area contributed by atoms with Gasteiger partial charge in [-0.3, -0.25) is 9.59 Å². The number of aliphatic hydroxyl groups is 3. The third-order valence-corrected chi connectivity index (χ3v) is 6.97. The molecule has 0 bridgehead atoms. The fourth-order valence-corrected chi connectivity index (χ4v) is 5.19. The second-order valence-corrected chi connectivity index (χ2v) is 9.75. The van der Waals surface area contributed by atoms with Gasteiger partial charge in [0.2, 0.25) is 11.8 Å². The lowest BCUT2D eigenvalue weighted by atomic mass is 9.88. The average Bonchev–Trinajstić information content (AvgIpc) is 3.36. The van der Waals surface area contributed by atoms with Gasteiger partial charge in [-0.15, -0.1) is 0 Å². The van der Waals surface area contributed by atoms with Crippen molar-refractivity contribution in [1.29, 1.82) is 0 Å². The van der Waals surface area contributed by atoms with Crippen LogP contribution in [0.4, 0.5) is 0 Å². The summed E-state index contributed by atoms with van der Waals surface area (Å²) >= 11 is 2.05. The molecular weight excluding hydrogens is 571 g/mol. The maximum Gasteiger partial charge on any atom is 0.247 e. The number of benzene rings is 1. The SMILES string of the molecule is COc1cc(CO)cc(I)c1O[C@H]1C=C(C(=O)NCCO)C[C@@H](N(C[C@H]2CCCO2)C(C)=O)[C@@H]1O. The van der Waals surface area contributed by atoms with E-state index in [0.717, 1.165) is 12.8 Å². The van der Waals surface area contributed by atoms with E-state index in [0.29, 0.717) is 39.4 Å². The van der Waals surface area contributed by atoms with Gasteiger partial charge in [0.05, 0.1) is 36.0 Å². The molecule has 1 aliphatic carbocycles. The van der Waals surface area contributed by atoms with E-state index in [9.17, 15) is 19.8 Å². The summed E-state index contributed by atoms with van der Waals surface area (Å²) in [5.74, 6) is 0.0924. The Hall–Kier alpha value is -1.93. The molecular formula is C24H33IN2O8. The van der Waals surface area contributed by atoms with Gasteiger partial charge < -0.3 is 39.7 Å². The van der Waals surface area contributed by atoms with Gasteiger partial charge >= 0.3 is 0 Å². The van der Waals surface area contributed by atoms with E-state index in [1.807, 2.05) is 0 Å². The van der Waals surface area contributed by atoms with Crippen LogP contribution in [0.2, 0.25) is 0 Å². The summed E-state index contributed by atoms with van der Waals surface area (Å²) in [6.45, 7) is 2.06. The van der Waals surface area contributed by atoms with E-state index < -0.39 is 24.2 Å². The van der Waals surface area contributed by atoms with Crippen LogP contribution in [0.1, 0.15) is 31.7 Å². The molecule has 35 heavy (non-hydrogen) atoms. The third-order valence-electron chi connectivity index (χ3n) is 6.17. The molecule has 0 radical (unpaired) electrons. The highest BCUT2D eigenvalue weighted by Gasteiger charge is 2.41. The van der Waals surface area contributed by atoms with E-state index in [4.69, 9.17) is 19.3 Å². The molecule has 0 unspecified atom stereocenters. The first kappa shape index (κ1) is 27.7. The van der Waals surface area contributed by atoms with Gasteiger partial charge in [0.25, 0.3) is 0 Å². The number of nitrogens with zero attached hydrogens (tertiary/aromatic N) is 1. The van der Waals surface area contributed by atoms with E-state index in [1.165, 1.54) is 14.0 Å². The highest BCUT2D eigenvalue weighted by atomic mass is 127. The van der Waals surface area contributed by atoms with Gasteiger partial charge in [-0.1, -0.05) is 0 Å². The summed E-state index contributed by atoms with van der Waals surface area (Å²) in [5.41, 5.74) is 0.984. The maximum absolute atomic E-state index is 12.8. The topological polar surface area (TPSA) is 138 Å². The molecule has 0 aromatic heterocycles. The van der Waals surface area contributed by atoms with Crippen molar-refractivity contribution >= 4 is 34.4 Å². The number of halogens is 1. The van der Waals surface area contributed by atoms with Crippen LogP contribution in [0.25, 0.3) is 0 Å². The zero-order valence-corrected chi connectivity index (χ0v) is 22.1. The van der Waals surface area contributed by atoms with Crippen LogP contribution < -0.4 is 14.8 Å². The van der Waals surface area contributed by atoms with Crippen molar-refractivity contribution in [3.8, 4) is 11.5 Å². The van der Waals surface area contributed by atoms with Gasteiger partial charge in [0.15, 0.2) is 11.5 Å². The standard InChI is InChI=1S/C24H33IN2O8/c1-14(30)27(12-17-4-3-7-34-17)19-10-16(24(32)26-5-6-28)11-20(22(19)31)35-23-18(25)8-15(13-29)9-21(23)33-2/h8-9,11,17,19-20,22,28-29,31H,3-7,10,12-13H2,1-2H3,(H,26,32)/t17-,19-,20+,22+/m1/s1. The molecule has 1 aromatic carbocycles. The zero-order chi connectivity index (χ0) is 25.5. The second kappa shape index (κ2) is 12.9. The van der Waals surface area contributed by atoms with Gasteiger partial charge in [0.1, 0.15) is 12.2 Å². The summed E-state index contributed by atoms with van der Waals surface area (Å²) in [6.07, 6.45) is 1.18. The van der Waals surface area contributed by atoms with Crippen molar-refractivity contribution in [2.75, 3.05) is 33.4 Å². The summed E-state index contributed by atoms with van der Waals surface area (Å²) < 4.78 is 18.0. The van der Waals surface area contributed by atoms with Crippen molar-refractivity contribution in [2.45, 2.75) is 57.1 Å². The van der Waals surface area contributed by atoms with Gasteiger partial charge in [-0.2, -0.15) is 0 Å². The first-order valence-electron chi connectivity index (χ1n) is 11.6. The first-order valence-corrected chi connectivity index (χ1v) is 12.7. The lowest BCUT2D eigenvalue weighted by Crippen LogP contribution is -2.56. The lowest BCUT2D eigenvalue weighted by molar-refractivity contribution is -0.138. The van der Waals surface area contributed by atoms with Crippen molar-refractivity contribution in [1.82, 2.24) is 10.2 Å². The molecule has 0 saturated carbocycles. The summed E-state index contributed by atoms with van der Waals surface area (Å²) in [4.78, 5) is 27.0. The quantitative estimate of drug-likeness (QED) is 0.287. The van der Waals surface area contributed by atoms with Crippen LogP contribution in [0.5, 0.6) is 11.5 Å². The highest BCUT2D eigenvalue weighted by molar-refractivity contribution is 14.1. The second-order valence-electron chi connectivity index (χ2n) is 8.59. The fourth-order valence-electron chi connectivity index (χ4n) is 4.40. The minimum atomic E-state index is -1.13. The largest absolute Gasteiger partial charge is 0.493 e. The van der Waals surface area contributed by atoms with Gasteiger partial charge in [-0.05, 0) is 59.2 Å². The van der Waals surface area contributed by atoms with Crippen LogP contribution in [-0.2, 0) is 20.9 Å². The van der Waals surface area contributed by atoms with Crippen LogP contribution in [0.3, 0.4) is 0 Å². The normalized spacial score (nSPS) is 24.0. The predicted molar refractivity (Wildman–Crippen MR) is 135 cm³/mol. The van der Waals surface area contributed by atoms with Crippen molar-refractivity contribution in [3.05, 3.63) is 32.9 Å². The number of rotatable bonds is 10. The molecule has 3 rings (SSSR count). The minimum absolute atomic E-state index is 0.0790. The third kappa shape index (κ3) is 6.85. The first-order chi connectivity index (χ1) is 16.8. The Morgan fingerprint density at radius 2 is 2.09 bits per heavy atom. The predicted octanol–water partition coefficient (Wildman–Crippen LogP) is 0.735. The monoisotopic (exact) mass is 604 g/mol. The van der Waals surface area contributed by atoms with Crippen LogP contribution in [0.15, 0.2) is 23.8 Å². The minimum Gasteiger partial charge on any atom is -0.493 e. The van der Waals surface area contributed by atoms with E-state index in [2.05, 4.69) is 27.9 Å². The fraction of sp³-hybridized carbons (Fsp3) is 0.583. The number of amides is 2. The number of carbonyl (C=O) groups is 2. The number of hydrogen-bond acceptors (Lipinski definition) is 8. The number of hydrogen-bond donors (Lipinski definition) is 4. The molecule has 2 amide bonds. The molecule has 1 aromatic rings. The van der Waals surface area contributed by atoms with E-state index >= 15 is 0 Å². The molecule has 11 heteroatoms. The van der Waals surface area contributed by atoms with Gasteiger partial charge in [0, 0.05) is 38.6 Å². The molecule has 4 N–H and O–H groups in total. The smallest absolute Gasteiger partial charge is 0.247 e. The number of nitrogens with one attached hydrogen (secondary N) is 1. The van der Waals surface area contributed by atoms with E-state index in [1.54, 1.807) is 23.1 Å². The molecule has 1 heterocycles. The number of methoxy groups -OCH3 is 1. The Labute approximate surface area is 218 Å². The molecule has 10 nitrogen and oxygen atoms in total. The Morgan fingerprint density at radius 3 is 2.69 bits per heavy atom. The molecule has 2 aliphatic rings. The number of carbonyl (C=O) groups excluding carboxylic acids is 2. The Bertz CT molecular complexity index is 934. The van der Waals surface area contributed by atoms with Crippen molar-refractivity contribution in [3.63, 3.8) is 0 Å². The average molecular weight is 604 g/mol. The van der Waals surface area contributed by atoms with Crippen LogP contribution >= 0.6 is 22.6 Å². The van der Waals surface area contributed by atoms with E-state index in [-0.39, 0.29) is 38.2 Å². The summed E-state index contributed by atoms with van der Waals surface area (Å²) in [6, 6.07) is 2.66. The Morgan fingerprint density at radius 1 is 1.31 bits per heavy atom. The molecule has 4 atom stereocenters. The molecule has 1 fully saturated rings. The molecule has 0 spiro atoms.